The Morgan fingerprint density at radius 2 is 1.61 bits per heavy atom. The molecule has 0 unspecified atom stereocenters. The Balaban J connectivity index is 1.78. The zero-order chi connectivity index (χ0) is 29.3. The second-order valence-corrected chi connectivity index (χ2v) is 10.7. The van der Waals surface area contributed by atoms with Crippen LogP contribution in [0.3, 0.4) is 0 Å². The molecule has 5 aromatic rings. The van der Waals surface area contributed by atoms with Crippen LogP contribution in [0.1, 0.15) is 30.0 Å². The molecule has 3 aromatic carbocycles. The lowest BCUT2D eigenvalue weighted by atomic mass is 10.0. The van der Waals surface area contributed by atoms with E-state index in [0.29, 0.717) is 29.0 Å². The first-order valence-corrected chi connectivity index (χ1v) is 14.2. The molecule has 0 aliphatic rings. The Hall–Kier alpha value is -4.08. The lowest BCUT2D eigenvalue weighted by Gasteiger charge is -2.14. The smallest absolute Gasteiger partial charge is 0.337 e. The summed E-state index contributed by atoms with van der Waals surface area (Å²) >= 11 is 7.58. The molecule has 210 valence electrons. The van der Waals surface area contributed by atoms with Gasteiger partial charge in [-0.1, -0.05) is 37.3 Å². The highest BCUT2D eigenvalue weighted by atomic mass is 35.5. The number of methoxy groups -OCH3 is 1. The number of carbonyl (C=O) groups excluding carboxylic acids is 1. The van der Waals surface area contributed by atoms with Crippen molar-refractivity contribution in [3.8, 4) is 21.9 Å². The van der Waals surface area contributed by atoms with Crippen LogP contribution in [0.5, 0.6) is 5.75 Å². The van der Waals surface area contributed by atoms with Crippen molar-refractivity contribution >= 4 is 38.9 Å². The highest BCUT2D eigenvalue weighted by Crippen LogP contribution is 2.38. The molecule has 0 aliphatic carbocycles. The van der Waals surface area contributed by atoms with E-state index in [0.717, 1.165) is 39.2 Å². The Kier molecular flexibility index (Phi) is 8.19. The summed E-state index contributed by atoms with van der Waals surface area (Å²) in [6.07, 6.45) is 0.751. The Labute approximate surface area is 243 Å². The average molecular weight is 595 g/mol. The number of fused-ring (bicyclic) bond motifs is 1. The summed E-state index contributed by atoms with van der Waals surface area (Å²) in [6.45, 7) is 1.37. The number of aromatic nitrogens is 2. The molecule has 0 saturated carbocycles. The standard InChI is InChI=1S/C31H25ClF2N2O4S/c1-3-21(37)15-18-7-9-19(10-8-18)28-23(16-32)27-29(38)36(20-11-13-22(40-2)14-12-20)31(39)35(30(27)41-28)17-24-25(33)5-4-6-26(24)34/h4-14H,3,15-17H2,1-2H3. The van der Waals surface area contributed by atoms with Crippen LogP contribution in [0, 0.1) is 11.6 Å². The Bertz CT molecular complexity index is 1860. The van der Waals surface area contributed by atoms with E-state index in [1.807, 2.05) is 31.2 Å². The fourth-order valence-corrected chi connectivity index (χ4v) is 6.35. The van der Waals surface area contributed by atoms with Gasteiger partial charge in [-0.05, 0) is 47.5 Å². The predicted molar refractivity (Wildman–Crippen MR) is 158 cm³/mol. The van der Waals surface area contributed by atoms with Gasteiger partial charge in [0, 0.05) is 34.7 Å². The zero-order valence-corrected chi connectivity index (χ0v) is 23.8. The normalized spacial score (nSPS) is 11.2. The van der Waals surface area contributed by atoms with E-state index < -0.39 is 29.4 Å². The third kappa shape index (κ3) is 5.35. The molecule has 2 heterocycles. The largest absolute Gasteiger partial charge is 0.497 e. The lowest BCUT2D eigenvalue weighted by molar-refractivity contribution is -0.118. The predicted octanol–water partition coefficient (Wildman–Crippen LogP) is 6.48. The number of Topliss-reactive ketones (excluding diaryl/α,β-unsaturated/α-hetero) is 1. The summed E-state index contributed by atoms with van der Waals surface area (Å²) in [7, 11) is 1.50. The van der Waals surface area contributed by atoms with Crippen LogP contribution in [0.4, 0.5) is 8.78 Å². The Morgan fingerprint density at radius 3 is 2.20 bits per heavy atom. The van der Waals surface area contributed by atoms with Gasteiger partial charge in [-0.15, -0.1) is 22.9 Å². The fraction of sp³-hybridized carbons (Fsp3) is 0.194. The molecular weight excluding hydrogens is 570 g/mol. The van der Waals surface area contributed by atoms with Crippen LogP contribution in [0.15, 0.2) is 76.3 Å². The second kappa shape index (κ2) is 11.8. The number of alkyl halides is 1. The quantitative estimate of drug-likeness (QED) is 0.183. The summed E-state index contributed by atoms with van der Waals surface area (Å²) in [4.78, 5) is 40.7. The zero-order valence-electron chi connectivity index (χ0n) is 22.2. The highest BCUT2D eigenvalue weighted by molar-refractivity contribution is 7.22. The van der Waals surface area contributed by atoms with Crippen LogP contribution in [0.2, 0.25) is 0 Å². The van der Waals surface area contributed by atoms with Crippen molar-refractivity contribution in [3.05, 3.63) is 116 Å². The summed E-state index contributed by atoms with van der Waals surface area (Å²) in [5.74, 6) is -1.02. The maximum atomic E-state index is 14.7. The number of hydrogen-bond donors (Lipinski definition) is 0. The highest BCUT2D eigenvalue weighted by Gasteiger charge is 2.24. The minimum Gasteiger partial charge on any atom is -0.497 e. The van der Waals surface area contributed by atoms with Crippen molar-refractivity contribution in [2.75, 3.05) is 7.11 Å². The SMILES string of the molecule is CCC(=O)Cc1ccc(-c2sc3c(c2CCl)c(=O)n(-c2ccc(OC)cc2)c(=O)n3Cc2c(F)cccc2F)cc1. The van der Waals surface area contributed by atoms with Crippen LogP contribution in [-0.2, 0) is 23.6 Å². The third-order valence-electron chi connectivity index (χ3n) is 6.93. The number of thiophene rings is 1. The van der Waals surface area contributed by atoms with Crippen molar-refractivity contribution in [2.24, 2.45) is 0 Å². The average Bonchev–Trinajstić information content (AvgIpc) is 3.37. The number of benzene rings is 3. The molecule has 41 heavy (non-hydrogen) atoms. The summed E-state index contributed by atoms with van der Waals surface area (Å²) < 4.78 is 36.9. The van der Waals surface area contributed by atoms with Gasteiger partial charge in [0.15, 0.2) is 0 Å². The van der Waals surface area contributed by atoms with Gasteiger partial charge in [-0.2, -0.15) is 0 Å². The van der Waals surface area contributed by atoms with Crippen molar-refractivity contribution in [1.82, 2.24) is 9.13 Å². The molecule has 0 atom stereocenters. The van der Waals surface area contributed by atoms with Crippen LogP contribution >= 0.6 is 22.9 Å². The van der Waals surface area contributed by atoms with Crippen molar-refractivity contribution in [3.63, 3.8) is 0 Å². The van der Waals surface area contributed by atoms with Gasteiger partial charge in [0.2, 0.25) is 0 Å². The maximum absolute atomic E-state index is 14.7. The van der Waals surface area contributed by atoms with E-state index in [2.05, 4.69) is 0 Å². The third-order valence-corrected chi connectivity index (χ3v) is 8.50. The summed E-state index contributed by atoms with van der Waals surface area (Å²) in [5.41, 5.74) is 0.705. The van der Waals surface area contributed by atoms with Gasteiger partial charge in [-0.3, -0.25) is 14.2 Å². The molecular formula is C31H25ClF2N2O4S. The van der Waals surface area contributed by atoms with Crippen LogP contribution in [-0.4, -0.2) is 22.0 Å². The number of rotatable bonds is 9. The second-order valence-electron chi connectivity index (χ2n) is 9.40. The van der Waals surface area contributed by atoms with Crippen molar-refractivity contribution in [2.45, 2.75) is 32.2 Å². The first-order valence-electron chi connectivity index (χ1n) is 12.8. The van der Waals surface area contributed by atoms with E-state index in [-0.39, 0.29) is 33.1 Å². The maximum Gasteiger partial charge on any atom is 0.337 e. The van der Waals surface area contributed by atoms with Crippen LogP contribution in [0.25, 0.3) is 26.3 Å². The number of carbonyl (C=O) groups is 1. The van der Waals surface area contributed by atoms with E-state index in [1.165, 1.54) is 17.7 Å². The molecule has 0 radical (unpaired) electrons. The molecule has 0 bridgehead atoms. The molecule has 0 saturated heterocycles. The van der Waals surface area contributed by atoms with Gasteiger partial charge in [0.1, 0.15) is 28.0 Å². The molecule has 10 heteroatoms. The summed E-state index contributed by atoms with van der Waals surface area (Å²) in [5, 5.41) is 0.192. The fourth-order valence-electron chi connectivity index (χ4n) is 4.70. The first kappa shape index (κ1) is 28.4. The number of hydrogen-bond acceptors (Lipinski definition) is 5. The number of ketones is 1. The molecule has 0 N–H and O–H groups in total. The Morgan fingerprint density at radius 1 is 0.951 bits per heavy atom. The molecule has 0 amide bonds. The molecule has 2 aromatic heterocycles. The van der Waals surface area contributed by atoms with E-state index in [1.54, 1.807) is 24.3 Å². The first-order chi connectivity index (χ1) is 19.8. The molecule has 0 aliphatic heterocycles. The molecule has 0 fully saturated rings. The minimum absolute atomic E-state index is 0.0461. The topological polar surface area (TPSA) is 70.3 Å². The summed E-state index contributed by atoms with van der Waals surface area (Å²) in [6, 6.07) is 17.2. The number of nitrogens with zero attached hydrogens (tertiary/aromatic N) is 2. The van der Waals surface area contributed by atoms with Gasteiger partial charge in [-0.25, -0.2) is 18.1 Å². The minimum atomic E-state index is -0.807. The van der Waals surface area contributed by atoms with E-state index in [4.69, 9.17) is 16.3 Å². The van der Waals surface area contributed by atoms with E-state index in [9.17, 15) is 23.2 Å². The van der Waals surface area contributed by atoms with Gasteiger partial charge < -0.3 is 4.74 Å². The molecule has 5 rings (SSSR count). The lowest BCUT2D eigenvalue weighted by Crippen LogP contribution is -2.39. The molecule has 0 spiro atoms. The van der Waals surface area contributed by atoms with Crippen molar-refractivity contribution < 1.29 is 18.3 Å². The number of ether oxygens (including phenoxy) is 1. The monoisotopic (exact) mass is 594 g/mol. The van der Waals surface area contributed by atoms with E-state index >= 15 is 0 Å². The van der Waals surface area contributed by atoms with Gasteiger partial charge in [0.05, 0.1) is 24.7 Å². The number of halogens is 3. The van der Waals surface area contributed by atoms with Gasteiger partial charge in [0.25, 0.3) is 5.56 Å². The van der Waals surface area contributed by atoms with Crippen molar-refractivity contribution in [1.29, 1.82) is 0 Å². The van der Waals surface area contributed by atoms with Crippen LogP contribution < -0.4 is 16.0 Å². The van der Waals surface area contributed by atoms with Gasteiger partial charge >= 0.3 is 5.69 Å². The molecule has 6 nitrogen and oxygen atoms in total.